The van der Waals surface area contributed by atoms with E-state index in [0.717, 1.165) is 22.4 Å². The summed E-state index contributed by atoms with van der Waals surface area (Å²) in [6, 6.07) is 20.0. The minimum atomic E-state index is -0.416. The lowest BCUT2D eigenvalue weighted by Gasteiger charge is -2.11. The van der Waals surface area contributed by atoms with Crippen molar-refractivity contribution < 1.29 is 9.53 Å². The van der Waals surface area contributed by atoms with Crippen LogP contribution in [0.2, 0.25) is 0 Å². The van der Waals surface area contributed by atoms with Gasteiger partial charge in [0.1, 0.15) is 5.70 Å². The molecule has 0 radical (unpaired) electrons. The van der Waals surface area contributed by atoms with Crippen molar-refractivity contribution in [3.63, 3.8) is 0 Å². The number of carbonyl (C=O) groups is 1. The van der Waals surface area contributed by atoms with Crippen LogP contribution in [0, 0.1) is 0 Å². The SMILES string of the molecule is COC(=O)C1=CCC=C(c2ccccc2)C(c2ccccc2)=N1. The summed E-state index contributed by atoms with van der Waals surface area (Å²) in [5, 5.41) is 0. The Balaban J connectivity index is 2.13. The van der Waals surface area contributed by atoms with E-state index in [2.05, 4.69) is 11.1 Å². The van der Waals surface area contributed by atoms with Gasteiger partial charge in [-0.2, -0.15) is 0 Å². The van der Waals surface area contributed by atoms with Gasteiger partial charge in [0.2, 0.25) is 0 Å². The van der Waals surface area contributed by atoms with Gasteiger partial charge in [-0.1, -0.05) is 66.7 Å². The van der Waals surface area contributed by atoms with Gasteiger partial charge in [-0.05, 0) is 18.1 Å². The Labute approximate surface area is 135 Å². The first kappa shape index (κ1) is 15.0. The second-order valence-corrected chi connectivity index (χ2v) is 5.13. The Bertz CT molecular complexity index is 787. The number of nitrogens with zero attached hydrogens (tertiary/aromatic N) is 1. The Morgan fingerprint density at radius 1 is 0.913 bits per heavy atom. The van der Waals surface area contributed by atoms with Crippen molar-refractivity contribution in [3.05, 3.63) is 89.6 Å². The maximum atomic E-state index is 11.9. The van der Waals surface area contributed by atoms with Gasteiger partial charge in [0.25, 0.3) is 0 Å². The summed E-state index contributed by atoms with van der Waals surface area (Å²) in [4.78, 5) is 16.5. The highest BCUT2D eigenvalue weighted by Crippen LogP contribution is 2.25. The lowest BCUT2D eigenvalue weighted by atomic mass is 9.95. The maximum Gasteiger partial charge on any atom is 0.356 e. The normalized spacial score (nSPS) is 14.2. The van der Waals surface area contributed by atoms with Crippen LogP contribution in [-0.4, -0.2) is 18.8 Å². The number of esters is 1. The van der Waals surface area contributed by atoms with Crippen LogP contribution >= 0.6 is 0 Å². The van der Waals surface area contributed by atoms with Gasteiger partial charge < -0.3 is 4.74 Å². The van der Waals surface area contributed by atoms with E-state index in [1.165, 1.54) is 7.11 Å². The van der Waals surface area contributed by atoms with Gasteiger partial charge in [-0.3, -0.25) is 0 Å². The first-order chi connectivity index (χ1) is 11.3. The Kier molecular flexibility index (Phi) is 4.48. The predicted molar refractivity (Wildman–Crippen MR) is 92.1 cm³/mol. The van der Waals surface area contributed by atoms with Crippen LogP contribution in [0.15, 0.2) is 83.5 Å². The summed E-state index contributed by atoms with van der Waals surface area (Å²) in [6.45, 7) is 0. The monoisotopic (exact) mass is 303 g/mol. The molecule has 114 valence electrons. The highest BCUT2D eigenvalue weighted by Gasteiger charge is 2.18. The topological polar surface area (TPSA) is 38.7 Å². The van der Waals surface area contributed by atoms with Crippen molar-refractivity contribution >= 4 is 17.3 Å². The Morgan fingerprint density at radius 2 is 1.52 bits per heavy atom. The molecule has 0 saturated carbocycles. The molecule has 2 aromatic rings. The van der Waals surface area contributed by atoms with Crippen LogP contribution in [0.5, 0.6) is 0 Å². The molecule has 3 rings (SSSR count). The van der Waals surface area contributed by atoms with E-state index in [0.29, 0.717) is 12.1 Å². The molecule has 0 atom stereocenters. The average molecular weight is 303 g/mol. The van der Waals surface area contributed by atoms with Gasteiger partial charge >= 0.3 is 5.97 Å². The molecule has 23 heavy (non-hydrogen) atoms. The summed E-state index contributed by atoms with van der Waals surface area (Å²) < 4.78 is 4.83. The lowest BCUT2D eigenvalue weighted by Crippen LogP contribution is -2.08. The van der Waals surface area contributed by atoms with E-state index in [1.54, 1.807) is 6.08 Å². The molecule has 1 aliphatic heterocycles. The summed E-state index contributed by atoms with van der Waals surface area (Å²) in [5.74, 6) is -0.416. The van der Waals surface area contributed by atoms with E-state index >= 15 is 0 Å². The average Bonchev–Trinajstić information content (AvgIpc) is 2.85. The molecule has 0 aliphatic carbocycles. The fraction of sp³-hybridized carbons (Fsp3) is 0.100. The van der Waals surface area contributed by atoms with Crippen LogP contribution in [0.3, 0.4) is 0 Å². The number of hydrogen-bond acceptors (Lipinski definition) is 3. The number of allylic oxidation sites excluding steroid dienone is 3. The van der Waals surface area contributed by atoms with Crippen LogP contribution < -0.4 is 0 Å². The van der Waals surface area contributed by atoms with Gasteiger partial charge in [0.05, 0.1) is 12.8 Å². The van der Waals surface area contributed by atoms with E-state index in [-0.39, 0.29) is 0 Å². The van der Waals surface area contributed by atoms with Crippen molar-refractivity contribution in [1.82, 2.24) is 0 Å². The zero-order valence-electron chi connectivity index (χ0n) is 12.9. The zero-order valence-corrected chi connectivity index (χ0v) is 12.9. The number of aliphatic imine (C=N–C) groups is 1. The first-order valence-corrected chi connectivity index (χ1v) is 7.48. The second kappa shape index (κ2) is 6.88. The molecular weight excluding hydrogens is 286 g/mol. The van der Waals surface area contributed by atoms with Crippen molar-refractivity contribution in [3.8, 4) is 0 Å². The molecule has 3 heteroatoms. The minimum Gasteiger partial charge on any atom is -0.464 e. The molecule has 3 nitrogen and oxygen atoms in total. The first-order valence-electron chi connectivity index (χ1n) is 7.48. The van der Waals surface area contributed by atoms with Crippen molar-refractivity contribution in [1.29, 1.82) is 0 Å². The molecule has 0 saturated heterocycles. The third-order valence-corrected chi connectivity index (χ3v) is 3.65. The number of benzene rings is 2. The fourth-order valence-electron chi connectivity index (χ4n) is 2.53. The quantitative estimate of drug-likeness (QED) is 0.803. The van der Waals surface area contributed by atoms with Gasteiger partial charge in [-0.25, -0.2) is 9.79 Å². The predicted octanol–water partition coefficient (Wildman–Crippen LogP) is 4.02. The lowest BCUT2D eigenvalue weighted by molar-refractivity contribution is -0.136. The maximum absolute atomic E-state index is 11.9. The fourth-order valence-corrected chi connectivity index (χ4v) is 2.53. The van der Waals surface area contributed by atoms with Crippen LogP contribution in [0.25, 0.3) is 5.57 Å². The van der Waals surface area contributed by atoms with Crippen LogP contribution in [0.1, 0.15) is 17.5 Å². The van der Waals surface area contributed by atoms with Crippen molar-refractivity contribution in [2.24, 2.45) is 4.99 Å². The smallest absolute Gasteiger partial charge is 0.356 e. The minimum absolute atomic E-state index is 0.341. The highest BCUT2D eigenvalue weighted by molar-refractivity contribution is 6.32. The van der Waals surface area contributed by atoms with Gasteiger partial charge in [0.15, 0.2) is 0 Å². The van der Waals surface area contributed by atoms with Crippen LogP contribution in [0.4, 0.5) is 0 Å². The Hall–Kier alpha value is -2.94. The van der Waals surface area contributed by atoms with E-state index in [9.17, 15) is 4.79 Å². The van der Waals surface area contributed by atoms with E-state index < -0.39 is 5.97 Å². The molecule has 0 spiro atoms. The molecule has 1 aliphatic rings. The molecule has 0 unspecified atom stereocenters. The van der Waals surface area contributed by atoms with Crippen molar-refractivity contribution in [2.75, 3.05) is 7.11 Å². The number of hydrogen-bond donors (Lipinski definition) is 0. The van der Waals surface area contributed by atoms with Gasteiger partial charge in [-0.15, -0.1) is 0 Å². The highest BCUT2D eigenvalue weighted by atomic mass is 16.5. The summed E-state index contributed by atoms with van der Waals surface area (Å²) in [7, 11) is 1.37. The molecule has 0 fully saturated rings. The second-order valence-electron chi connectivity index (χ2n) is 5.13. The molecule has 0 amide bonds. The Morgan fingerprint density at radius 3 is 2.13 bits per heavy atom. The van der Waals surface area contributed by atoms with Gasteiger partial charge in [0, 0.05) is 11.1 Å². The van der Waals surface area contributed by atoms with E-state index in [1.807, 2.05) is 60.7 Å². The van der Waals surface area contributed by atoms with Crippen LogP contribution in [-0.2, 0) is 9.53 Å². The number of carbonyl (C=O) groups excluding carboxylic acids is 1. The van der Waals surface area contributed by atoms with Crippen molar-refractivity contribution in [2.45, 2.75) is 6.42 Å². The molecule has 0 N–H and O–H groups in total. The third-order valence-electron chi connectivity index (χ3n) is 3.65. The number of rotatable bonds is 3. The standard InChI is InChI=1S/C20H17NO2/c1-23-20(22)18-14-8-13-17(15-9-4-2-5-10-15)19(21-18)16-11-6-3-7-12-16/h2-7,9-14H,8H2,1H3. The summed E-state index contributed by atoms with van der Waals surface area (Å²) in [6.07, 6.45) is 4.52. The summed E-state index contributed by atoms with van der Waals surface area (Å²) >= 11 is 0. The third kappa shape index (κ3) is 3.29. The van der Waals surface area contributed by atoms with E-state index in [4.69, 9.17) is 4.74 Å². The molecule has 2 aromatic carbocycles. The number of methoxy groups -OCH3 is 1. The molecule has 1 heterocycles. The molecule has 0 bridgehead atoms. The summed E-state index contributed by atoms with van der Waals surface area (Å²) in [5.41, 5.74) is 4.19. The molecule has 0 aromatic heterocycles. The number of ether oxygens (including phenoxy) is 1. The molecular formula is C20H17NO2. The largest absolute Gasteiger partial charge is 0.464 e. The zero-order chi connectivity index (χ0) is 16.1.